The highest BCUT2D eigenvalue weighted by molar-refractivity contribution is 7.98. The average molecular weight is 260 g/mol. The summed E-state index contributed by atoms with van der Waals surface area (Å²) in [7, 11) is 1.63. The molecule has 1 N–H and O–H groups in total. The number of ether oxygens (including phenoxy) is 1. The van der Waals surface area contributed by atoms with Crippen LogP contribution >= 0.6 is 11.8 Å². The third-order valence-corrected chi connectivity index (χ3v) is 3.61. The SMILES string of the molecule is COc1ccc(C(O)c2ccc(SC)cc2)cc1. The molecule has 0 aliphatic carbocycles. The van der Waals surface area contributed by atoms with E-state index >= 15 is 0 Å². The first kappa shape index (κ1) is 13.0. The van der Waals surface area contributed by atoms with E-state index in [1.165, 1.54) is 4.90 Å². The maximum absolute atomic E-state index is 10.3. The Kier molecular flexibility index (Phi) is 4.28. The minimum Gasteiger partial charge on any atom is -0.497 e. The third kappa shape index (κ3) is 2.86. The van der Waals surface area contributed by atoms with Crippen LogP contribution in [-0.4, -0.2) is 18.5 Å². The molecule has 0 aromatic heterocycles. The van der Waals surface area contributed by atoms with E-state index < -0.39 is 6.10 Å². The molecule has 2 aromatic rings. The van der Waals surface area contributed by atoms with Gasteiger partial charge in [0, 0.05) is 4.90 Å². The van der Waals surface area contributed by atoms with Crippen molar-refractivity contribution in [3.8, 4) is 5.75 Å². The topological polar surface area (TPSA) is 29.5 Å². The molecule has 0 saturated heterocycles. The fraction of sp³-hybridized carbons (Fsp3) is 0.200. The van der Waals surface area contributed by atoms with Gasteiger partial charge in [-0.1, -0.05) is 24.3 Å². The van der Waals surface area contributed by atoms with Crippen molar-refractivity contribution in [2.75, 3.05) is 13.4 Å². The highest BCUT2D eigenvalue weighted by atomic mass is 32.2. The zero-order chi connectivity index (χ0) is 13.0. The standard InChI is InChI=1S/C15H16O2S/c1-17-13-7-3-11(4-8-13)15(16)12-5-9-14(18-2)10-6-12/h3-10,15-16H,1-2H3. The summed E-state index contributed by atoms with van der Waals surface area (Å²) in [6.45, 7) is 0. The van der Waals surface area contributed by atoms with Crippen LogP contribution < -0.4 is 4.74 Å². The van der Waals surface area contributed by atoms with Crippen LogP contribution in [0.3, 0.4) is 0 Å². The molecule has 2 rings (SSSR count). The van der Waals surface area contributed by atoms with Crippen LogP contribution in [0.4, 0.5) is 0 Å². The Balaban J connectivity index is 2.20. The lowest BCUT2D eigenvalue weighted by Crippen LogP contribution is -1.99. The molecule has 1 atom stereocenters. The molecule has 0 radical (unpaired) electrons. The van der Waals surface area contributed by atoms with Gasteiger partial charge in [-0.25, -0.2) is 0 Å². The number of thioether (sulfide) groups is 1. The summed E-state index contributed by atoms with van der Waals surface area (Å²) < 4.78 is 5.10. The average Bonchev–Trinajstić information content (AvgIpc) is 2.47. The Labute approximate surface area is 112 Å². The molecule has 0 saturated carbocycles. The molecule has 0 fully saturated rings. The number of methoxy groups -OCH3 is 1. The molecule has 1 unspecified atom stereocenters. The summed E-state index contributed by atoms with van der Waals surface area (Å²) in [5, 5.41) is 10.3. The molecular formula is C15H16O2S. The maximum atomic E-state index is 10.3. The Morgan fingerprint density at radius 1 is 0.944 bits per heavy atom. The summed E-state index contributed by atoms with van der Waals surface area (Å²) in [5.41, 5.74) is 1.77. The molecule has 2 nitrogen and oxygen atoms in total. The summed E-state index contributed by atoms with van der Waals surface area (Å²) in [5.74, 6) is 0.795. The molecule has 0 spiro atoms. The molecule has 0 aliphatic rings. The van der Waals surface area contributed by atoms with Gasteiger partial charge in [-0.3, -0.25) is 0 Å². The lowest BCUT2D eigenvalue weighted by molar-refractivity contribution is 0.220. The van der Waals surface area contributed by atoms with Crippen molar-refractivity contribution in [2.45, 2.75) is 11.0 Å². The van der Waals surface area contributed by atoms with E-state index in [4.69, 9.17) is 4.74 Å². The van der Waals surface area contributed by atoms with Crippen LogP contribution in [0.15, 0.2) is 53.4 Å². The molecule has 0 bridgehead atoms. The Bertz CT molecular complexity index is 443. The summed E-state index contributed by atoms with van der Waals surface area (Å²) in [6.07, 6.45) is 1.45. The summed E-state index contributed by atoms with van der Waals surface area (Å²) in [6, 6.07) is 15.4. The van der Waals surface area contributed by atoms with Crippen LogP contribution in [0, 0.1) is 0 Å². The van der Waals surface area contributed by atoms with Crippen molar-refractivity contribution in [1.82, 2.24) is 0 Å². The normalized spacial score (nSPS) is 12.2. The first-order valence-corrected chi connectivity index (χ1v) is 6.93. The van der Waals surface area contributed by atoms with E-state index in [2.05, 4.69) is 0 Å². The number of hydrogen-bond acceptors (Lipinski definition) is 3. The highest BCUT2D eigenvalue weighted by Gasteiger charge is 2.10. The smallest absolute Gasteiger partial charge is 0.118 e. The Hall–Kier alpha value is -1.45. The summed E-state index contributed by atoms with van der Waals surface area (Å²) in [4.78, 5) is 1.20. The molecule has 3 heteroatoms. The predicted molar refractivity (Wildman–Crippen MR) is 75.3 cm³/mol. The van der Waals surface area contributed by atoms with Crippen LogP contribution in [0.25, 0.3) is 0 Å². The second-order valence-corrected chi connectivity index (χ2v) is 4.83. The van der Waals surface area contributed by atoms with E-state index in [1.807, 2.05) is 54.8 Å². The fourth-order valence-electron chi connectivity index (χ4n) is 1.76. The van der Waals surface area contributed by atoms with Gasteiger partial charge in [-0.15, -0.1) is 11.8 Å². The van der Waals surface area contributed by atoms with Crippen LogP contribution in [0.5, 0.6) is 5.75 Å². The molecule has 18 heavy (non-hydrogen) atoms. The maximum Gasteiger partial charge on any atom is 0.118 e. The first-order valence-electron chi connectivity index (χ1n) is 5.70. The molecular weight excluding hydrogens is 244 g/mol. The molecule has 2 aromatic carbocycles. The van der Waals surface area contributed by atoms with Crippen LogP contribution in [0.1, 0.15) is 17.2 Å². The lowest BCUT2D eigenvalue weighted by atomic mass is 10.0. The van der Waals surface area contributed by atoms with Gasteiger partial charge in [-0.2, -0.15) is 0 Å². The quantitative estimate of drug-likeness (QED) is 0.853. The van der Waals surface area contributed by atoms with E-state index in [0.717, 1.165) is 16.9 Å². The number of benzene rings is 2. The minimum absolute atomic E-state index is 0.591. The van der Waals surface area contributed by atoms with Gasteiger partial charge in [0.25, 0.3) is 0 Å². The Morgan fingerprint density at radius 2 is 1.44 bits per heavy atom. The van der Waals surface area contributed by atoms with Crippen molar-refractivity contribution >= 4 is 11.8 Å². The number of rotatable bonds is 4. The highest BCUT2D eigenvalue weighted by Crippen LogP contribution is 2.25. The number of aliphatic hydroxyl groups is 1. The van der Waals surface area contributed by atoms with Crippen LogP contribution in [-0.2, 0) is 0 Å². The zero-order valence-corrected chi connectivity index (χ0v) is 11.3. The number of aliphatic hydroxyl groups excluding tert-OH is 1. The monoisotopic (exact) mass is 260 g/mol. The Morgan fingerprint density at radius 3 is 1.89 bits per heavy atom. The molecule has 94 valence electrons. The number of hydrogen-bond donors (Lipinski definition) is 1. The zero-order valence-electron chi connectivity index (χ0n) is 10.5. The lowest BCUT2D eigenvalue weighted by Gasteiger charge is -2.12. The van der Waals surface area contributed by atoms with Gasteiger partial charge in [-0.05, 0) is 41.6 Å². The van der Waals surface area contributed by atoms with Crippen molar-refractivity contribution in [3.63, 3.8) is 0 Å². The molecule has 0 aliphatic heterocycles. The van der Waals surface area contributed by atoms with Crippen molar-refractivity contribution in [2.24, 2.45) is 0 Å². The minimum atomic E-state index is -0.591. The van der Waals surface area contributed by atoms with E-state index in [-0.39, 0.29) is 0 Å². The second-order valence-electron chi connectivity index (χ2n) is 3.95. The van der Waals surface area contributed by atoms with E-state index in [9.17, 15) is 5.11 Å². The van der Waals surface area contributed by atoms with Gasteiger partial charge in [0.2, 0.25) is 0 Å². The van der Waals surface area contributed by atoms with Crippen molar-refractivity contribution < 1.29 is 9.84 Å². The fourth-order valence-corrected chi connectivity index (χ4v) is 2.17. The largest absolute Gasteiger partial charge is 0.497 e. The predicted octanol–water partition coefficient (Wildman–Crippen LogP) is 3.50. The van der Waals surface area contributed by atoms with Crippen molar-refractivity contribution in [1.29, 1.82) is 0 Å². The van der Waals surface area contributed by atoms with Gasteiger partial charge in [0.1, 0.15) is 11.9 Å². The first-order chi connectivity index (χ1) is 8.74. The van der Waals surface area contributed by atoms with Crippen LogP contribution in [0.2, 0.25) is 0 Å². The molecule has 0 amide bonds. The second kappa shape index (κ2) is 5.94. The third-order valence-electron chi connectivity index (χ3n) is 2.86. The van der Waals surface area contributed by atoms with Gasteiger partial charge in [0.15, 0.2) is 0 Å². The van der Waals surface area contributed by atoms with E-state index in [1.54, 1.807) is 18.9 Å². The van der Waals surface area contributed by atoms with Crippen molar-refractivity contribution in [3.05, 3.63) is 59.7 Å². The van der Waals surface area contributed by atoms with E-state index in [0.29, 0.717) is 0 Å². The molecule has 0 heterocycles. The summed E-state index contributed by atoms with van der Waals surface area (Å²) >= 11 is 1.69. The van der Waals surface area contributed by atoms with Gasteiger partial charge >= 0.3 is 0 Å². The van der Waals surface area contributed by atoms with Gasteiger partial charge in [0.05, 0.1) is 7.11 Å². The van der Waals surface area contributed by atoms with Gasteiger partial charge < -0.3 is 9.84 Å².